The van der Waals surface area contributed by atoms with E-state index in [9.17, 15) is 9.90 Å². The van der Waals surface area contributed by atoms with Crippen molar-refractivity contribution in [3.63, 3.8) is 0 Å². The molecular weight excluding hydrogens is 246 g/mol. The van der Waals surface area contributed by atoms with Crippen LogP contribution in [0.15, 0.2) is 6.20 Å². The molecule has 1 amide bonds. The molecule has 0 radical (unpaired) electrons. The van der Waals surface area contributed by atoms with Crippen LogP contribution in [0, 0.1) is 5.92 Å². The Hall–Kier alpha value is -1.47. The first kappa shape index (κ1) is 12.6. The lowest BCUT2D eigenvalue weighted by Crippen LogP contribution is -2.43. The van der Waals surface area contributed by atoms with E-state index in [1.165, 1.54) is 0 Å². The Bertz CT molecular complexity index is 464. The predicted octanol–water partition coefficient (Wildman–Crippen LogP) is -0.735. The molecule has 0 spiro atoms. The fourth-order valence-corrected chi connectivity index (χ4v) is 2.53. The SMILES string of the molecule is CN(CC1CC(O)C1)C(=O)c1cn(C2CNC2)nn1. The van der Waals surface area contributed by atoms with Gasteiger partial charge >= 0.3 is 0 Å². The van der Waals surface area contributed by atoms with Gasteiger partial charge in [-0.15, -0.1) is 5.10 Å². The van der Waals surface area contributed by atoms with E-state index in [4.69, 9.17) is 0 Å². The number of aliphatic hydroxyl groups excluding tert-OH is 1. The van der Waals surface area contributed by atoms with Crippen LogP contribution in [0.3, 0.4) is 0 Å². The van der Waals surface area contributed by atoms with Crippen LogP contribution in [-0.2, 0) is 0 Å². The lowest BCUT2D eigenvalue weighted by Gasteiger charge is -2.34. The van der Waals surface area contributed by atoms with E-state index in [2.05, 4.69) is 15.6 Å². The number of carbonyl (C=O) groups excluding carboxylic acids is 1. The summed E-state index contributed by atoms with van der Waals surface area (Å²) in [5.74, 6) is 0.315. The monoisotopic (exact) mass is 265 g/mol. The van der Waals surface area contributed by atoms with Gasteiger partial charge in [0, 0.05) is 26.7 Å². The Morgan fingerprint density at radius 1 is 1.58 bits per heavy atom. The van der Waals surface area contributed by atoms with Crippen molar-refractivity contribution in [3.05, 3.63) is 11.9 Å². The van der Waals surface area contributed by atoms with Gasteiger partial charge in [0.05, 0.1) is 18.3 Å². The second-order valence-corrected chi connectivity index (χ2v) is 5.57. The van der Waals surface area contributed by atoms with Gasteiger partial charge in [-0.1, -0.05) is 5.21 Å². The Morgan fingerprint density at radius 3 is 2.89 bits per heavy atom. The number of aromatic nitrogens is 3. The number of aliphatic hydroxyl groups is 1. The van der Waals surface area contributed by atoms with Crippen molar-refractivity contribution < 1.29 is 9.90 Å². The molecule has 0 atom stereocenters. The van der Waals surface area contributed by atoms with Crippen molar-refractivity contribution in [3.8, 4) is 0 Å². The summed E-state index contributed by atoms with van der Waals surface area (Å²) < 4.78 is 1.75. The van der Waals surface area contributed by atoms with E-state index in [0.29, 0.717) is 24.2 Å². The predicted molar refractivity (Wildman–Crippen MR) is 67.6 cm³/mol. The molecule has 2 aliphatic rings. The minimum atomic E-state index is -0.180. The highest BCUT2D eigenvalue weighted by atomic mass is 16.3. The zero-order valence-corrected chi connectivity index (χ0v) is 11.0. The molecule has 7 nitrogen and oxygen atoms in total. The van der Waals surface area contributed by atoms with Crippen molar-refractivity contribution in [2.75, 3.05) is 26.7 Å². The summed E-state index contributed by atoms with van der Waals surface area (Å²) in [6.07, 6.45) is 3.12. The standard InChI is InChI=1S/C12H19N5O2/c1-16(6-8-2-10(18)3-8)12(19)11-7-17(15-14-11)9-4-13-5-9/h7-10,13,18H,2-6H2,1H3. The average Bonchev–Trinajstić information content (AvgIpc) is 2.72. The Morgan fingerprint density at radius 2 is 2.32 bits per heavy atom. The Kier molecular flexibility index (Phi) is 3.24. The lowest BCUT2D eigenvalue weighted by molar-refractivity contribution is 0.0264. The molecule has 7 heteroatoms. The molecule has 1 saturated carbocycles. The van der Waals surface area contributed by atoms with Gasteiger partial charge in [0.25, 0.3) is 5.91 Å². The van der Waals surface area contributed by atoms with Crippen LogP contribution in [0.4, 0.5) is 0 Å². The van der Waals surface area contributed by atoms with Crippen LogP contribution in [0.2, 0.25) is 0 Å². The molecule has 1 aliphatic carbocycles. The van der Waals surface area contributed by atoms with Gasteiger partial charge in [-0.05, 0) is 18.8 Å². The normalized spacial score (nSPS) is 26.6. The summed E-state index contributed by atoms with van der Waals surface area (Å²) in [6, 6.07) is 0.320. The van der Waals surface area contributed by atoms with Crippen LogP contribution in [-0.4, -0.2) is 63.7 Å². The number of hydrogen-bond donors (Lipinski definition) is 2. The highest BCUT2D eigenvalue weighted by Gasteiger charge is 2.30. The van der Waals surface area contributed by atoms with E-state index < -0.39 is 0 Å². The zero-order valence-electron chi connectivity index (χ0n) is 11.0. The molecule has 2 fully saturated rings. The van der Waals surface area contributed by atoms with Gasteiger partial charge in [0.15, 0.2) is 5.69 Å². The first-order valence-corrected chi connectivity index (χ1v) is 6.69. The number of rotatable bonds is 4. The molecule has 0 bridgehead atoms. The number of carbonyl (C=O) groups is 1. The topological polar surface area (TPSA) is 83.3 Å². The van der Waals surface area contributed by atoms with Crippen LogP contribution in [0.1, 0.15) is 29.4 Å². The Labute approximate surface area is 111 Å². The lowest BCUT2D eigenvalue weighted by atomic mass is 9.82. The average molecular weight is 265 g/mol. The maximum absolute atomic E-state index is 12.2. The van der Waals surface area contributed by atoms with Gasteiger partial charge in [-0.3, -0.25) is 4.79 Å². The fraction of sp³-hybridized carbons (Fsp3) is 0.750. The molecule has 104 valence electrons. The van der Waals surface area contributed by atoms with Crippen molar-refractivity contribution in [2.24, 2.45) is 5.92 Å². The summed E-state index contributed by atoms with van der Waals surface area (Å²) in [6.45, 7) is 2.44. The zero-order chi connectivity index (χ0) is 13.4. The minimum absolute atomic E-state index is 0.0973. The largest absolute Gasteiger partial charge is 0.393 e. The first-order chi connectivity index (χ1) is 9.13. The number of nitrogens with one attached hydrogen (secondary N) is 1. The molecule has 2 N–H and O–H groups in total. The van der Waals surface area contributed by atoms with E-state index in [-0.39, 0.29) is 12.0 Å². The van der Waals surface area contributed by atoms with Crippen LogP contribution in [0.25, 0.3) is 0 Å². The molecule has 1 aromatic rings. The first-order valence-electron chi connectivity index (χ1n) is 6.69. The van der Waals surface area contributed by atoms with Crippen molar-refractivity contribution in [2.45, 2.75) is 25.0 Å². The Balaban J connectivity index is 1.57. The number of nitrogens with zero attached hydrogens (tertiary/aromatic N) is 4. The molecular formula is C12H19N5O2. The quantitative estimate of drug-likeness (QED) is 0.749. The molecule has 3 rings (SSSR count). The van der Waals surface area contributed by atoms with Crippen LogP contribution >= 0.6 is 0 Å². The van der Waals surface area contributed by atoms with Crippen LogP contribution in [0.5, 0.6) is 0 Å². The molecule has 0 unspecified atom stereocenters. The smallest absolute Gasteiger partial charge is 0.275 e. The van der Waals surface area contributed by atoms with Gasteiger partial charge in [-0.25, -0.2) is 4.68 Å². The summed E-state index contributed by atoms with van der Waals surface area (Å²) in [7, 11) is 1.77. The fourth-order valence-electron chi connectivity index (χ4n) is 2.53. The third-order valence-corrected chi connectivity index (χ3v) is 3.95. The summed E-state index contributed by atoms with van der Waals surface area (Å²) in [5, 5.41) is 20.4. The highest BCUT2D eigenvalue weighted by molar-refractivity contribution is 5.91. The molecule has 1 aliphatic heterocycles. The molecule has 0 aromatic carbocycles. The number of hydrogen-bond acceptors (Lipinski definition) is 5. The van der Waals surface area contributed by atoms with E-state index in [0.717, 1.165) is 25.9 Å². The maximum Gasteiger partial charge on any atom is 0.275 e. The third kappa shape index (κ3) is 2.48. The second-order valence-electron chi connectivity index (χ2n) is 5.57. The maximum atomic E-state index is 12.2. The third-order valence-electron chi connectivity index (χ3n) is 3.95. The van der Waals surface area contributed by atoms with Crippen molar-refractivity contribution >= 4 is 5.91 Å². The van der Waals surface area contributed by atoms with Crippen LogP contribution < -0.4 is 5.32 Å². The van der Waals surface area contributed by atoms with Gasteiger partial charge in [0.2, 0.25) is 0 Å². The van der Waals surface area contributed by atoms with Crippen molar-refractivity contribution in [1.29, 1.82) is 0 Å². The van der Waals surface area contributed by atoms with E-state index >= 15 is 0 Å². The van der Waals surface area contributed by atoms with Gasteiger partial charge < -0.3 is 15.3 Å². The molecule has 1 aromatic heterocycles. The summed E-state index contributed by atoms with van der Waals surface area (Å²) in [5.41, 5.74) is 0.397. The minimum Gasteiger partial charge on any atom is -0.393 e. The molecule has 2 heterocycles. The summed E-state index contributed by atoms with van der Waals surface area (Å²) in [4.78, 5) is 13.8. The van der Waals surface area contributed by atoms with E-state index in [1.54, 1.807) is 22.8 Å². The molecule has 1 saturated heterocycles. The molecule has 19 heavy (non-hydrogen) atoms. The van der Waals surface area contributed by atoms with Gasteiger partial charge in [-0.2, -0.15) is 0 Å². The highest BCUT2D eigenvalue weighted by Crippen LogP contribution is 2.27. The number of amides is 1. The second kappa shape index (κ2) is 4.90. The van der Waals surface area contributed by atoms with E-state index in [1.807, 2.05) is 0 Å². The van der Waals surface area contributed by atoms with Gasteiger partial charge in [0.1, 0.15) is 0 Å². The summed E-state index contributed by atoms with van der Waals surface area (Å²) >= 11 is 0. The van der Waals surface area contributed by atoms with Crippen molar-refractivity contribution in [1.82, 2.24) is 25.2 Å².